The van der Waals surface area contributed by atoms with E-state index in [1.807, 2.05) is 44.2 Å². The molecule has 0 aromatic heterocycles. The van der Waals surface area contributed by atoms with Gasteiger partial charge in [-0.3, -0.25) is 9.69 Å². The summed E-state index contributed by atoms with van der Waals surface area (Å²) < 4.78 is 16.5. The van der Waals surface area contributed by atoms with Gasteiger partial charge >= 0.3 is 5.97 Å². The van der Waals surface area contributed by atoms with Crippen LogP contribution in [0.15, 0.2) is 76.6 Å². The van der Waals surface area contributed by atoms with E-state index < -0.39 is 5.97 Å². The lowest BCUT2D eigenvalue weighted by Crippen LogP contribution is -2.28. The molecule has 3 aromatic rings. The molecule has 9 heteroatoms. The number of aliphatic imine (C=N–C) groups is 1. The van der Waals surface area contributed by atoms with Gasteiger partial charge in [-0.1, -0.05) is 24.3 Å². The van der Waals surface area contributed by atoms with Crippen LogP contribution in [0, 0.1) is 11.3 Å². The number of thioether (sulfide) groups is 1. The molecule has 4 rings (SSSR count). The molecule has 0 radical (unpaired) electrons. The Kier molecular flexibility index (Phi) is 9.02. The maximum absolute atomic E-state index is 13.1. The lowest BCUT2D eigenvalue weighted by Gasteiger charge is -2.13. The van der Waals surface area contributed by atoms with E-state index in [4.69, 9.17) is 14.2 Å². The molecule has 198 valence electrons. The van der Waals surface area contributed by atoms with Gasteiger partial charge in [0.2, 0.25) is 0 Å². The molecule has 0 bridgehead atoms. The summed E-state index contributed by atoms with van der Waals surface area (Å²) in [4.78, 5) is 31.6. The van der Waals surface area contributed by atoms with Gasteiger partial charge in [0.25, 0.3) is 5.91 Å². The fraction of sp³-hybridized carbons (Fsp3) is 0.200. The van der Waals surface area contributed by atoms with Crippen LogP contribution in [0.1, 0.15) is 40.9 Å². The third-order valence-electron chi connectivity index (χ3n) is 5.80. The lowest BCUT2D eigenvalue weighted by atomic mass is 10.1. The maximum atomic E-state index is 13.1. The minimum Gasteiger partial charge on any atom is -0.490 e. The number of hydrogen-bond acceptors (Lipinski definition) is 8. The zero-order valence-electron chi connectivity index (χ0n) is 21.8. The SMILES string of the molecule is CCOc1cc(/C=C2/SC(=Nc3ccc(C(=O)OC)cc3)N(CC)C2=O)ccc1OCc1ccccc1C#N. The Hall–Kier alpha value is -4.55. The molecule has 1 heterocycles. The molecular formula is C30H27N3O5S. The highest BCUT2D eigenvalue weighted by molar-refractivity contribution is 8.18. The van der Waals surface area contributed by atoms with Gasteiger partial charge in [-0.05, 0) is 79.7 Å². The smallest absolute Gasteiger partial charge is 0.337 e. The molecule has 39 heavy (non-hydrogen) atoms. The molecule has 3 aromatic carbocycles. The summed E-state index contributed by atoms with van der Waals surface area (Å²) in [6, 6.07) is 21.6. The van der Waals surface area contributed by atoms with Gasteiger partial charge in [0, 0.05) is 12.1 Å². The standard InChI is InChI=1S/C30H27N3O5S/c1-4-33-28(34)27(39-30(33)32-24-13-11-21(12-14-24)29(35)36-3)17-20-10-15-25(26(16-20)37-5-2)38-19-23-9-7-6-8-22(23)18-31/h6-17H,4-5,19H2,1-3H3/b27-17+,32-30?. The number of carbonyl (C=O) groups is 2. The predicted molar refractivity (Wildman–Crippen MR) is 151 cm³/mol. The van der Waals surface area contributed by atoms with E-state index in [2.05, 4.69) is 11.1 Å². The average molecular weight is 542 g/mol. The highest BCUT2D eigenvalue weighted by Gasteiger charge is 2.32. The third kappa shape index (κ3) is 6.48. The Morgan fingerprint density at radius 1 is 1.05 bits per heavy atom. The van der Waals surface area contributed by atoms with Crippen LogP contribution in [-0.4, -0.2) is 42.2 Å². The first-order valence-corrected chi connectivity index (χ1v) is 13.1. The van der Waals surface area contributed by atoms with E-state index in [-0.39, 0.29) is 12.5 Å². The van der Waals surface area contributed by atoms with E-state index in [0.29, 0.717) is 51.5 Å². The number of ether oxygens (including phenoxy) is 3. The van der Waals surface area contributed by atoms with Crippen LogP contribution in [0.2, 0.25) is 0 Å². The summed E-state index contributed by atoms with van der Waals surface area (Å²) >= 11 is 1.28. The van der Waals surface area contributed by atoms with Crippen molar-refractivity contribution >= 4 is 40.6 Å². The molecule has 0 atom stereocenters. The van der Waals surface area contributed by atoms with Gasteiger partial charge in [0.1, 0.15) is 6.61 Å². The first kappa shape index (κ1) is 27.5. The van der Waals surface area contributed by atoms with Crippen molar-refractivity contribution in [3.8, 4) is 17.6 Å². The van der Waals surface area contributed by atoms with Crippen molar-refractivity contribution in [1.82, 2.24) is 4.90 Å². The number of benzene rings is 3. The summed E-state index contributed by atoms with van der Waals surface area (Å²) in [6.07, 6.45) is 1.80. The van der Waals surface area contributed by atoms with Crippen LogP contribution < -0.4 is 9.47 Å². The number of methoxy groups -OCH3 is 1. The number of amides is 1. The molecule has 1 fully saturated rings. The zero-order valence-corrected chi connectivity index (χ0v) is 22.7. The van der Waals surface area contributed by atoms with Crippen molar-refractivity contribution in [2.45, 2.75) is 20.5 Å². The highest BCUT2D eigenvalue weighted by atomic mass is 32.2. The first-order valence-electron chi connectivity index (χ1n) is 12.3. The van der Waals surface area contributed by atoms with Crippen molar-refractivity contribution in [1.29, 1.82) is 5.26 Å². The number of likely N-dealkylation sites (N-methyl/N-ethyl adjacent to an activating group) is 1. The number of amidine groups is 1. The summed E-state index contributed by atoms with van der Waals surface area (Å²) in [6.45, 7) is 4.90. The Labute approximate surface area is 231 Å². The Morgan fingerprint density at radius 2 is 1.82 bits per heavy atom. The van der Waals surface area contributed by atoms with Crippen LogP contribution >= 0.6 is 11.8 Å². The van der Waals surface area contributed by atoms with Crippen molar-refractivity contribution in [3.05, 3.63) is 93.9 Å². The number of esters is 1. The highest BCUT2D eigenvalue weighted by Crippen LogP contribution is 2.36. The monoisotopic (exact) mass is 541 g/mol. The van der Waals surface area contributed by atoms with Crippen LogP contribution in [0.25, 0.3) is 6.08 Å². The number of carbonyl (C=O) groups excluding carboxylic acids is 2. The van der Waals surface area contributed by atoms with Crippen molar-refractivity contribution < 1.29 is 23.8 Å². The van der Waals surface area contributed by atoms with Crippen molar-refractivity contribution in [2.24, 2.45) is 4.99 Å². The van der Waals surface area contributed by atoms with Gasteiger partial charge in [-0.2, -0.15) is 5.26 Å². The van der Waals surface area contributed by atoms with E-state index in [1.54, 1.807) is 47.4 Å². The summed E-state index contributed by atoms with van der Waals surface area (Å²) in [5, 5.41) is 9.89. The van der Waals surface area contributed by atoms with Gasteiger partial charge in [-0.15, -0.1) is 0 Å². The molecule has 0 spiro atoms. The largest absolute Gasteiger partial charge is 0.490 e. The average Bonchev–Trinajstić information content (AvgIpc) is 3.25. The zero-order chi connectivity index (χ0) is 27.8. The van der Waals surface area contributed by atoms with E-state index in [1.165, 1.54) is 18.9 Å². The van der Waals surface area contributed by atoms with Crippen LogP contribution in [-0.2, 0) is 16.1 Å². The van der Waals surface area contributed by atoms with E-state index in [0.717, 1.165) is 11.1 Å². The number of rotatable bonds is 9. The summed E-state index contributed by atoms with van der Waals surface area (Å²) in [7, 11) is 1.33. The molecular weight excluding hydrogens is 514 g/mol. The Balaban J connectivity index is 1.55. The van der Waals surface area contributed by atoms with Crippen molar-refractivity contribution in [3.63, 3.8) is 0 Å². The first-order chi connectivity index (χ1) is 19.0. The van der Waals surface area contributed by atoms with Crippen molar-refractivity contribution in [2.75, 3.05) is 20.3 Å². The molecule has 0 N–H and O–H groups in total. The maximum Gasteiger partial charge on any atom is 0.337 e. The minimum absolute atomic E-state index is 0.140. The van der Waals surface area contributed by atoms with Gasteiger partial charge in [0.05, 0.1) is 41.5 Å². The van der Waals surface area contributed by atoms with Gasteiger partial charge < -0.3 is 14.2 Å². The predicted octanol–water partition coefficient (Wildman–Crippen LogP) is 5.95. The van der Waals surface area contributed by atoms with E-state index >= 15 is 0 Å². The Morgan fingerprint density at radius 3 is 2.51 bits per heavy atom. The number of hydrogen-bond donors (Lipinski definition) is 0. The molecule has 0 aliphatic carbocycles. The molecule has 0 saturated carbocycles. The summed E-state index contributed by atoms with van der Waals surface area (Å²) in [5.41, 5.74) is 3.17. The van der Waals surface area contributed by atoms with Gasteiger partial charge in [0.15, 0.2) is 16.7 Å². The fourth-order valence-corrected chi connectivity index (χ4v) is 4.90. The molecule has 1 saturated heterocycles. The minimum atomic E-state index is -0.421. The molecule has 1 aliphatic rings. The summed E-state index contributed by atoms with van der Waals surface area (Å²) in [5.74, 6) is 0.530. The van der Waals surface area contributed by atoms with Crippen LogP contribution in [0.4, 0.5) is 5.69 Å². The van der Waals surface area contributed by atoms with E-state index in [9.17, 15) is 14.9 Å². The normalized spacial score (nSPS) is 14.9. The van der Waals surface area contributed by atoms with Gasteiger partial charge in [-0.25, -0.2) is 9.79 Å². The molecule has 8 nitrogen and oxygen atoms in total. The topological polar surface area (TPSA) is 101 Å². The second kappa shape index (κ2) is 12.8. The molecule has 1 amide bonds. The van der Waals surface area contributed by atoms with Crippen LogP contribution in [0.3, 0.4) is 0 Å². The second-order valence-corrected chi connectivity index (χ2v) is 9.30. The number of nitrogens with zero attached hydrogens (tertiary/aromatic N) is 3. The Bertz CT molecular complexity index is 1470. The number of nitriles is 1. The lowest BCUT2D eigenvalue weighted by molar-refractivity contribution is -0.122. The third-order valence-corrected chi connectivity index (χ3v) is 6.81. The molecule has 0 unspecified atom stereocenters. The van der Waals surface area contributed by atoms with Crippen LogP contribution in [0.5, 0.6) is 11.5 Å². The quantitative estimate of drug-likeness (QED) is 0.244. The second-order valence-electron chi connectivity index (χ2n) is 8.29. The fourth-order valence-electron chi connectivity index (χ4n) is 3.83. The molecule has 1 aliphatic heterocycles.